The Labute approximate surface area is 190 Å². The molecule has 5 nitrogen and oxygen atoms in total. The van der Waals surface area contributed by atoms with Gasteiger partial charge in [-0.05, 0) is 12.1 Å². The van der Waals surface area contributed by atoms with Gasteiger partial charge in [-0.1, -0.05) is 59.6 Å². The fraction of sp³-hybridized carbons (Fsp3) is 0.0952. The van der Waals surface area contributed by atoms with Gasteiger partial charge >= 0.3 is 5.97 Å². The molecule has 0 aliphatic carbocycles. The van der Waals surface area contributed by atoms with Crippen LogP contribution in [0.25, 0.3) is 20.7 Å². The highest BCUT2D eigenvalue weighted by atomic mass is 35.5. The van der Waals surface area contributed by atoms with E-state index in [4.69, 9.17) is 27.9 Å². The van der Waals surface area contributed by atoms with Crippen molar-refractivity contribution in [1.29, 1.82) is 0 Å². The molecule has 0 atom stereocenters. The van der Waals surface area contributed by atoms with Crippen molar-refractivity contribution >= 4 is 67.8 Å². The van der Waals surface area contributed by atoms with Crippen LogP contribution < -0.4 is 5.32 Å². The molecule has 0 fully saturated rings. The number of nitrogens with zero attached hydrogens (tertiary/aromatic N) is 1. The largest absolute Gasteiger partial charge is 0.458 e. The molecule has 0 unspecified atom stereocenters. The minimum Gasteiger partial charge on any atom is -0.458 e. The van der Waals surface area contributed by atoms with Crippen LogP contribution in [0.5, 0.6) is 0 Å². The fourth-order valence-electron chi connectivity index (χ4n) is 2.73. The number of nitrogens with one attached hydrogen (secondary N) is 1. The normalized spacial score (nSPS) is 10.9. The minimum atomic E-state index is -0.562. The highest BCUT2D eigenvalue weighted by molar-refractivity contribution is 7.21. The predicted octanol–water partition coefficient (Wildman–Crippen LogP) is 5.80. The van der Waals surface area contributed by atoms with E-state index in [1.54, 1.807) is 6.07 Å². The van der Waals surface area contributed by atoms with Crippen molar-refractivity contribution in [3.05, 3.63) is 74.5 Å². The van der Waals surface area contributed by atoms with Crippen LogP contribution in [0.3, 0.4) is 0 Å². The molecule has 9 heteroatoms. The van der Waals surface area contributed by atoms with Crippen LogP contribution in [0.4, 0.5) is 0 Å². The summed E-state index contributed by atoms with van der Waals surface area (Å²) in [5.41, 5.74) is 1.44. The molecule has 152 valence electrons. The first-order valence-electron chi connectivity index (χ1n) is 8.83. The predicted molar refractivity (Wildman–Crippen MR) is 122 cm³/mol. The molecule has 0 saturated heterocycles. The molecule has 2 heterocycles. The number of hydrogen-bond acceptors (Lipinski definition) is 6. The van der Waals surface area contributed by atoms with Crippen molar-refractivity contribution in [1.82, 2.24) is 10.3 Å². The van der Waals surface area contributed by atoms with Gasteiger partial charge in [0, 0.05) is 21.0 Å². The van der Waals surface area contributed by atoms with Crippen LogP contribution in [0, 0.1) is 0 Å². The van der Waals surface area contributed by atoms with Crippen LogP contribution in [0.1, 0.15) is 15.4 Å². The number of halogens is 2. The number of carbonyl (C=O) groups excluding carboxylic acids is 2. The Hall–Kier alpha value is -2.45. The van der Waals surface area contributed by atoms with Gasteiger partial charge in [0.2, 0.25) is 0 Å². The van der Waals surface area contributed by atoms with Gasteiger partial charge < -0.3 is 10.1 Å². The number of thiazole rings is 1. The van der Waals surface area contributed by atoms with Gasteiger partial charge in [0.15, 0.2) is 0 Å². The third-order valence-corrected chi connectivity index (χ3v) is 7.10. The van der Waals surface area contributed by atoms with E-state index in [1.165, 1.54) is 22.7 Å². The summed E-state index contributed by atoms with van der Waals surface area (Å²) in [4.78, 5) is 29.2. The molecule has 0 saturated carbocycles. The second kappa shape index (κ2) is 9.14. The van der Waals surface area contributed by atoms with Crippen LogP contribution in [-0.2, 0) is 16.1 Å². The first-order valence-corrected chi connectivity index (χ1v) is 11.3. The SMILES string of the molecule is O=C(CNC(=O)c1sc2ccccc2c1Cl)OCc1csc(-c2ccccc2Cl)n1. The molecule has 1 N–H and O–H groups in total. The lowest BCUT2D eigenvalue weighted by atomic mass is 10.2. The monoisotopic (exact) mass is 476 g/mol. The smallest absolute Gasteiger partial charge is 0.325 e. The molecule has 2 aromatic heterocycles. The Morgan fingerprint density at radius 3 is 2.63 bits per heavy atom. The van der Waals surface area contributed by atoms with E-state index >= 15 is 0 Å². The summed E-state index contributed by atoms with van der Waals surface area (Å²) in [6.07, 6.45) is 0. The lowest BCUT2D eigenvalue weighted by Gasteiger charge is -2.05. The molecular formula is C21H14Cl2N2O3S2. The van der Waals surface area contributed by atoms with Crippen molar-refractivity contribution in [3.8, 4) is 10.6 Å². The average Bonchev–Trinajstić information content (AvgIpc) is 3.36. The average molecular weight is 477 g/mol. The highest BCUT2D eigenvalue weighted by Crippen LogP contribution is 2.35. The summed E-state index contributed by atoms with van der Waals surface area (Å²) in [6, 6.07) is 14.9. The number of aromatic nitrogens is 1. The Kier molecular flexibility index (Phi) is 6.34. The summed E-state index contributed by atoms with van der Waals surface area (Å²) in [6.45, 7) is -0.246. The molecule has 0 aliphatic rings. The molecule has 0 spiro atoms. The van der Waals surface area contributed by atoms with E-state index in [-0.39, 0.29) is 13.2 Å². The molecule has 30 heavy (non-hydrogen) atoms. The van der Waals surface area contributed by atoms with Crippen LogP contribution in [-0.4, -0.2) is 23.4 Å². The van der Waals surface area contributed by atoms with Crippen molar-refractivity contribution < 1.29 is 14.3 Å². The number of benzene rings is 2. The number of hydrogen-bond donors (Lipinski definition) is 1. The molecule has 0 bridgehead atoms. The van der Waals surface area contributed by atoms with Gasteiger partial charge in [0.25, 0.3) is 5.91 Å². The lowest BCUT2D eigenvalue weighted by molar-refractivity contribution is -0.143. The van der Waals surface area contributed by atoms with Gasteiger partial charge in [-0.2, -0.15) is 0 Å². The van der Waals surface area contributed by atoms with Gasteiger partial charge in [-0.3, -0.25) is 9.59 Å². The van der Waals surface area contributed by atoms with Crippen LogP contribution in [0.15, 0.2) is 53.9 Å². The summed E-state index contributed by atoms with van der Waals surface area (Å²) in [5.74, 6) is -0.972. The summed E-state index contributed by atoms with van der Waals surface area (Å²) < 4.78 is 6.12. The van der Waals surface area contributed by atoms with Crippen molar-refractivity contribution in [2.75, 3.05) is 6.54 Å². The number of rotatable bonds is 6. The molecule has 4 rings (SSSR count). The Morgan fingerprint density at radius 2 is 1.83 bits per heavy atom. The summed E-state index contributed by atoms with van der Waals surface area (Å²) >= 11 is 15.2. The van der Waals surface area contributed by atoms with Crippen LogP contribution in [0.2, 0.25) is 10.0 Å². The first-order chi connectivity index (χ1) is 14.5. The van der Waals surface area contributed by atoms with E-state index < -0.39 is 11.9 Å². The van der Waals surface area contributed by atoms with Crippen LogP contribution >= 0.6 is 45.9 Å². The maximum atomic E-state index is 12.4. The molecular weight excluding hydrogens is 463 g/mol. The number of carbonyl (C=O) groups is 2. The van der Waals surface area contributed by atoms with E-state index in [9.17, 15) is 9.59 Å². The fourth-order valence-corrected chi connectivity index (χ4v) is 5.29. The molecule has 2 aromatic carbocycles. The van der Waals surface area contributed by atoms with Gasteiger partial charge in [-0.15, -0.1) is 22.7 Å². The zero-order valence-electron chi connectivity index (χ0n) is 15.4. The van der Waals surface area contributed by atoms with Gasteiger partial charge in [-0.25, -0.2) is 4.98 Å². The Balaban J connectivity index is 1.31. The second-order valence-electron chi connectivity index (χ2n) is 6.21. The number of ether oxygens (including phenoxy) is 1. The van der Waals surface area contributed by atoms with E-state index in [0.29, 0.717) is 20.6 Å². The number of amides is 1. The number of fused-ring (bicyclic) bond motifs is 1. The third-order valence-electron chi connectivity index (χ3n) is 4.17. The minimum absolute atomic E-state index is 0.0132. The maximum Gasteiger partial charge on any atom is 0.325 e. The van der Waals surface area contributed by atoms with Crippen molar-refractivity contribution in [2.24, 2.45) is 0 Å². The number of esters is 1. The number of thiophene rings is 1. The summed E-state index contributed by atoms with van der Waals surface area (Å²) in [7, 11) is 0. The van der Waals surface area contributed by atoms with Gasteiger partial charge in [0.1, 0.15) is 23.0 Å². The molecule has 0 radical (unpaired) electrons. The molecule has 0 aliphatic heterocycles. The van der Waals surface area contributed by atoms with Crippen molar-refractivity contribution in [2.45, 2.75) is 6.61 Å². The first kappa shape index (κ1) is 20.8. The standard InChI is InChI=1S/C21H14Cl2N2O3S2/c22-15-7-3-1-5-13(15)21-25-12(11-29-21)10-28-17(26)9-24-20(27)19-18(23)14-6-2-4-8-16(14)30-19/h1-8,11H,9-10H2,(H,24,27). The van der Waals surface area contributed by atoms with E-state index in [1.807, 2.05) is 47.8 Å². The molecule has 1 amide bonds. The topological polar surface area (TPSA) is 68.3 Å². The Morgan fingerprint density at radius 1 is 1.07 bits per heavy atom. The van der Waals surface area contributed by atoms with E-state index in [2.05, 4.69) is 10.3 Å². The van der Waals surface area contributed by atoms with E-state index in [0.717, 1.165) is 20.7 Å². The Bertz CT molecular complexity index is 1240. The zero-order valence-corrected chi connectivity index (χ0v) is 18.5. The highest BCUT2D eigenvalue weighted by Gasteiger charge is 2.18. The zero-order chi connectivity index (χ0) is 21.1. The maximum absolute atomic E-state index is 12.4. The summed E-state index contributed by atoms with van der Waals surface area (Å²) in [5, 5.41) is 6.92. The second-order valence-corrected chi connectivity index (χ2v) is 8.90. The quantitative estimate of drug-likeness (QED) is 0.356. The third kappa shape index (κ3) is 4.49. The molecule has 4 aromatic rings. The van der Waals surface area contributed by atoms with Crippen molar-refractivity contribution in [3.63, 3.8) is 0 Å². The lowest BCUT2D eigenvalue weighted by Crippen LogP contribution is -2.30. The van der Waals surface area contributed by atoms with Gasteiger partial charge in [0.05, 0.1) is 15.7 Å².